The molecule has 216 valence electrons. The number of carbonyl (C=O) groups excluding carboxylic acids is 1. The van der Waals surface area contributed by atoms with Crippen molar-refractivity contribution in [2.45, 2.75) is 56.6 Å². The summed E-state index contributed by atoms with van der Waals surface area (Å²) in [6, 6.07) is 0.813. The first-order valence-corrected chi connectivity index (χ1v) is 14.7. The number of pyridine rings is 1. The van der Waals surface area contributed by atoms with E-state index in [0.29, 0.717) is 43.7 Å². The van der Waals surface area contributed by atoms with Crippen LogP contribution >= 0.6 is 0 Å². The summed E-state index contributed by atoms with van der Waals surface area (Å²) in [7, 11) is -0.494. The van der Waals surface area contributed by atoms with Crippen molar-refractivity contribution in [2.24, 2.45) is 11.3 Å². The molecule has 0 spiro atoms. The molecule has 2 fully saturated rings. The number of fused-ring (bicyclic) bond motifs is 1. The molecule has 5 atom stereocenters. The fraction of sp³-hybridized carbons (Fsp3) is 0.692. The lowest BCUT2D eigenvalue weighted by Crippen LogP contribution is -2.51. The number of nitrogens with one attached hydrogen (secondary N) is 1. The third kappa shape index (κ3) is 6.25. The number of ether oxygens (including phenoxy) is 2. The lowest BCUT2D eigenvalue weighted by molar-refractivity contribution is -0.142. The van der Waals surface area contributed by atoms with E-state index in [1.54, 1.807) is 7.11 Å². The Kier molecular flexibility index (Phi) is 8.64. The Morgan fingerprint density at radius 3 is 2.82 bits per heavy atom. The molecule has 2 unspecified atom stereocenters. The summed E-state index contributed by atoms with van der Waals surface area (Å²) in [5.41, 5.74) is -1.36. The molecular weight excluding hydrogens is 537 g/mol. The van der Waals surface area contributed by atoms with E-state index >= 15 is 0 Å². The topological polar surface area (TPSA) is 101 Å². The zero-order valence-electron chi connectivity index (χ0n) is 22.3. The van der Waals surface area contributed by atoms with E-state index in [4.69, 9.17) is 15.9 Å². The fourth-order valence-corrected chi connectivity index (χ4v) is 6.41. The number of hydrogen-bond donors (Lipinski definition) is 1. The van der Waals surface area contributed by atoms with Crippen molar-refractivity contribution in [1.82, 2.24) is 19.5 Å². The van der Waals surface area contributed by atoms with Gasteiger partial charge in [-0.1, -0.05) is 5.92 Å². The quantitative estimate of drug-likeness (QED) is 0.496. The molecule has 1 aromatic rings. The molecule has 1 aromatic heterocycles. The van der Waals surface area contributed by atoms with Crippen LogP contribution in [0, 0.1) is 23.7 Å². The lowest BCUT2D eigenvalue weighted by atomic mass is 9.76. The molecule has 4 rings (SSSR count). The van der Waals surface area contributed by atoms with E-state index in [0.717, 1.165) is 18.5 Å². The van der Waals surface area contributed by atoms with Crippen molar-refractivity contribution >= 4 is 15.9 Å². The molecule has 0 radical (unpaired) electrons. The highest BCUT2D eigenvalue weighted by Gasteiger charge is 2.54. The summed E-state index contributed by atoms with van der Waals surface area (Å²) in [5.74, 6) is 1.85. The Hall–Kier alpha value is -2.24. The molecule has 1 amide bonds. The van der Waals surface area contributed by atoms with Crippen LogP contribution < -0.4 is 5.32 Å². The maximum absolute atomic E-state index is 14.1. The van der Waals surface area contributed by atoms with E-state index < -0.39 is 33.1 Å². The summed E-state index contributed by atoms with van der Waals surface area (Å²) >= 11 is 0. The third-order valence-corrected chi connectivity index (χ3v) is 9.51. The van der Waals surface area contributed by atoms with Crippen LogP contribution in [-0.4, -0.2) is 93.4 Å². The highest BCUT2D eigenvalue weighted by atomic mass is 32.2. The molecule has 9 nitrogen and oxygen atoms in total. The van der Waals surface area contributed by atoms with Gasteiger partial charge in [0.15, 0.2) is 0 Å². The Balaban J connectivity index is 1.61. The van der Waals surface area contributed by atoms with Gasteiger partial charge in [0.25, 0.3) is 0 Å². The smallest absolute Gasteiger partial charge is 0.379 e. The molecule has 2 aliphatic heterocycles. The Morgan fingerprint density at radius 2 is 2.18 bits per heavy atom. The minimum atomic E-state index is -4.55. The number of halogens is 3. The summed E-state index contributed by atoms with van der Waals surface area (Å²) in [6.07, 6.45) is 4.97. The first kappa shape index (κ1) is 29.7. The number of amides is 1. The second-order valence-electron chi connectivity index (χ2n) is 10.7. The number of aromatic nitrogens is 1. The average molecular weight is 573 g/mol. The highest BCUT2D eigenvalue weighted by molar-refractivity contribution is 7.88. The predicted molar refractivity (Wildman–Crippen MR) is 137 cm³/mol. The zero-order chi connectivity index (χ0) is 28.6. The minimum absolute atomic E-state index is 0.0283. The zero-order valence-corrected chi connectivity index (χ0v) is 23.1. The SMILES string of the molecule is C#C[C@@]1(C(=O)N2CCc3ncc(C(F)(F)F)cc3C2)C[C@H](NC2CCOCC2OC)C[C@H]1CN(C)S(C)(=O)=O. The van der Waals surface area contributed by atoms with Gasteiger partial charge in [-0.25, -0.2) is 12.7 Å². The van der Waals surface area contributed by atoms with Crippen molar-refractivity contribution in [2.75, 3.05) is 46.7 Å². The summed E-state index contributed by atoms with van der Waals surface area (Å²) in [5, 5.41) is 3.57. The summed E-state index contributed by atoms with van der Waals surface area (Å²) < 4.78 is 76.7. The van der Waals surface area contributed by atoms with Crippen LogP contribution in [-0.2, 0) is 43.4 Å². The number of methoxy groups -OCH3 is 1. The van der Waals surface area contributed by atoms with Gasteiger partial charge < -0.3 is 19.7 Å². The van der Waals surface area contributed by atoms with Gasteiger partial charge in [-0.3, -0.25) is 9.78 Å². The third-order valence-electron chi connectivity index (χ3n) is 8.23. The van der Waals surface area contributed by atoms with Gasteiger partial charge in [-0.2, -0.15) is 13.2 Å². The number of sulfonamides is 1. The fourth-order valence-electron chi connectivity index (χ4n) is 5.96. The van der Waals surface area contributed by atoms with Gasteiger partial charge in [0.2, 0.25) is 15.9 Å². The maximum atomic E-state index is 14.1. The molecule has 1 N–H and O–H groups in total. The van der Waals surface area contributed by atoms with Gasteiger partial charge >= 0.3 is 6.18 Å². The maximum Gasteiger partial charge on any atom is 0.417 e. The Bertz CT molecular complexity index is 1220. The number of alkyl halides is 3. The highest BCUT2D eigenvalue weighted by Crippen LogP contribution is 2.46. The van der Waals surface area contributed by atoms with Gasteiger partial charge in [0.05, 0.1) is 24.5 Å². The van der Waals surface area contributed by atoms with E-state index in [9.17, 15) is 26.4 Å². The lowest BCUT2D eigenvalue weighted by Gasteiger charge is -2.38. The van der Waals surface area contributed by atoms with Crippen molar-refractivity contribution in [1.29, 1.82) is 0 Å². The molecule has 0 bridgehead atoms. The van der Waals surface area contributed by atoms with Crippen molar-refractivity contribution in [3.63, 3.8) is 0 Å². The van der Waals surface area contributed by atoms with E-state index in [1.165, 1.54) is 16.3 Å². The van der Waals surface area contributed by atoms with E-state index in [1.807, 2.05) is 0 Å². The van der Waals surface area contributed by atoms with Crippen molar-refractivity contribution in [3.8, 4) is 12.3 Å². The second kappa shape index (κ2) is 11.3. The largest absolute Gasteiger partial charge is 0.417 e. The molecule has 39 heavy (non-hydrogen) atoms. The van der Waals surface area contributed by atoms with Crippen LogP contribution in [0.2, 0.25) is 0 Å². The molecule has 0 aromatic carbocycles. The normalized spacial score (nSPS) is 29.7. The first-order chi connectivity index (χ1) is 18.3. The van der Waals surface area contributed by atoms with Crippen LogP contribution in [0.1, 0.15) is 36.1 Å². The van der Waals surface area contributed by atoms with Crippen molar-refractivity contribution < 1.29 is 35.9 Å². The molecular formula is C26H35F3N4O5S. The number of hydrogen-bond acceptors (Lipinski definition) is 7. The van der Waals surface area contributed by atoms with Gasteiger partial charge in [-0.05, 0) is 36.8 Å². The van der Waals surface area contributed by atoms with Crippen molar-refractivity contribution in [3.05, 3.63) is 29.1 Å². The minimum Gasteiger partial charge on any atom is -0.379 e. The van der Waals surface area contributed by atoms with Crippen LogP contribution in [0.15, 0.2) is 12.3 Å². The molecule has 1 saturated heterocycles. The van der Waals surface area contributed by atoms with Crippen LogP contribution in [0.3, 0.4) is 0 Å². The number of carbonyl (C=O) groups is 1. The average Bonchev–Trinajstić information content (AvgIpc) is 3.24. The Labute approximate surface area is 227 Å². The van der Waals surface area contributed by atoms with E-state index in [-0.39, 0.29) is 50.1 Å². The standard InChI is InChI=1S/C26H35F3N4O5S/c1-5-25(24(34)33-8-6-21-17(14-33)10-18(13-30-21)26(27,28)29)12-20(11-19(25)15-32(2)39(4,35)36)31-22-7-9-38-16-23(22)37-3/h1,10,13,19-20,22-23,31H,6-9,11-12,14-16H2,2-4H3/t19-,20+,22?,23?,25+/m0/s1. The predicted octanol–water partition coefficient (Wildman–Crippen LogP) is 1.67. The second-order valence-corrected chi connectivity index (χ2v) is 12.8. The van der Waals surface area contributed by atoms with Crippen LogP contribution in [0.4, 0.5) is 13.2 Å². The summed E-state index contributed by atoms with van der Waals surface area (Å²) in [6.45, 7) is 1.24. The monoisotopic (exact) mass is 572 g/mol. The first-order valence-electron chi connectivity index (χ1n) is 12.9. The van der Waals surface area contributed by atoms with E-state index in [2.05, 4.69) is 16.2 Å². The molecule has 1 saturated carbocycles. The van der Waals surface area contributed by atoms with Gasteiger partial charge in [-0.15, -0.1) is 6.42 Å². The molecule has 3 aliphatic rings. The number of nitrogens with zero attached hydrogens (tertiary/aromatic N) is 3. The van der Waals surface area contributed by atoms with Crippen LogP contribution in [0.25, 0.3) is 0 Å². The van der Waals surface area contributed by atoms with Gasteiger partial charge in [0.1, 0.15) is 5.41 Å². The Morgan fingerprint density at radius 1 is 1.44 bits per heavy atom. The van der Waals surface area contributed by atoms with Gasteiger partial charge in [0, 0.05) is 70.8 Å². The molecule has 1 aliphatic carbocycles. The molecule has 13 heteroatoms. The van der Waals surface area contributed by atoms with Crippen LogP contribution in [0.5, 0.6) is 0 Å². The molecule has 3 heterocycles. The number of rotatable bonds is 7. The number of terminal acetylenes is 1. The summed E-state index contributed by atoms with van der Waals surface area (Å²) in [4.78, 5) is 19.6.